The molecule has 0 aliphatic rings. The quantitative estimate of drug-likeness (QED) is 0.612. The molecule has 0 radical (unpaired) electrons. The molecule has 0 aliphatic carbocycles. The number of aromatic nitrogens is 1. The van der Waals surface area contributed by atoms with Crippen LogP contribution in [0.25, 0.3) is 10.2 Å². The van der Waals surface area contributed by atoms with Crippen LogP contribution in [0.3, 0.4) is 0 Å². The summed E-state index contributed by atoms with van der Waals surface area (Å²) in [7, 11) is 1.04. The number of sulfonamides is 1. The van der Waals surface area contributed by atoms with Gasteiger partial charge < -0.3 is 4.90 Å². The smallest absolute Gasteiger partial charge is 0.254 e. The van der Waals surface area contributed by atoms with Crippen LogP contribution in [0.15, 0.2) is 41.3 Å². The van der Waals surface area contributed by atoms with Crippen LogP contribution >= 0.6 is 11.3 Å². The summed E-state index contributed by atoms with van der Waals surface area (Å²) >= 11 is 1.56. The van der Waals surface area contributed by atoms with Gasteiger partial charge >= 0.3 is 0 Å². The van der Waals surface area contributed by atoms with E-state index in [-0.39, 0.29) is 16.8 Å². The third-order valence-corrected chi connectivity index (χ3v) is 8.34. The third-order valence-electron chi connectivity index (χ3n) is 5.19. The Bertz CT molecular complexity index is 1150. The summed E-state index contributed by atoms with van der Waals surface area (Å²) in [4.78, 5) is 19.6. The van der Waals surface area contributed by atoms with Gasteiger partial charge in [-0.25, -0.2) is 17.7 Å². The van der Waals surface area contributed by atoms with E-state index in [1.807, 2.05) is 38.1 Å². The number of benzene rings is 2. The molecule has 0 saturated carbocycles. The van der Waals surface area contributed by atoms with Crippen molar-refractivity contribution < 1.29 is 13.2 Å². The van der Waals surface area contributed by atoms with E-state index < -0.39 is 10.0 Å². The average molecular weight is 432 g/mol. The van der Waals surface area contributed by atoms with Crippen molar-refractivity contribution in [1.29, 1.82) is 0 Å². The van der Waals surface area contributed by atoms with Gasteiger partial charge in [0, 0.05) is 26.7 Å². The monoisotopic (exact) mass is 431 g/mol. The van der Waals surface area contributed by atoms with Gasteiger partial charge in [-0.05, 0) is 56.2 Å². The predicted octanol–water partition coefficient (Wildman–Crippen LogP) is 4.00. The molecule has 29 heavy (non-hydrogen) atoms. The second kappa shape index (κ2) is 7.85. The van der Waals surface area contributed by atoms with Crippen LogP contribution in [0.1, 0.15) is 39.5 Å². The SMILES string of the molecule is Cc1cc(C(=O)N(C)C(C)c2nc3ccccc3s2)cc(S(=O)(=O)N(C)C)c1C. The Hall–Kier alpha value is -2.29. The minimum Gasteiger partial charge on any atom is -0.333 e. The minimum absolute atomic E-state index is 0.159. The molecule has 3 rings (SSSR count). The van der Waals surface area contributed by atoms with E-state index in [4.69, 9.17) is 0 Å². The molecule has 0 bridgehead atoms. The number of nitrogens with zero attached hydrogens (tertiary/aromatic N) is 3. The van der Waals surface area contributed by atoms with Crippen molar-refractivity contribution in [3.05, 3.63) is 58.1 Å². The molecule has 1 heterocycles. The highest BCUT2D eigenvalue weighted by atomic mass is 32.2. The van der Waals surface area contributed by atoms with Gasteiger partial charge in [0.25, 0.3) is 5.91 Å². The standard InChI is InChI=1S/C21H25N3O3S2/c1-13-11-16(12-19(14(13)2)29(26,27)23(4)5)21(25)24(6)15(3)20-22-17-9-7-8-10-18(17)28-20/h7-12,15H,1-6H3. The lowest BCUT2D eigenvalue weighted by Crippen LogP contribution is -2.30. The zero-order valence-corrected chi connectivity index (χ0v) is 19.1. The van der Waals surface area contributed by atoms with Gasteiger partial charge in [0.15, 0.2) is 0 Å². The summed E-state index contributed by atoms with van der Waals surface area (Å²) < 4.78 is 27.6. The number of thiazole rings is 1. The number of aryl methyl sites for hydroxylation is 1. The highest BCUT2D eigenvalue weighted by Gasteiger charge is 2.26. The van der Waals surface area contributed by atoms with E-state index in [0.717, 1.165) is 25.1 Å². The van der Waals surface area contributed by atoms with E-state index in [1.165, 1.54) is 20.2 Å². The molecule has 1 atom stereocenters. The highest BCUT2D eigenvalue weighted by Crippen LogP contribution is 2.30. The maximum Gasteiger partial charge on any atom is 0.254 e. The van der Waals surface area contributed by atoms with Crippen molar-refractivity contribution >= 4 is 37.5 Å². The second-order valence-corrected chi connectivity index (χ2v) is 10.5. The molecule has 6 nitrogen and oxygen atoms in total. The lowest BCUT2D eigenvalue weighted by Gasteiger charge is -2.24. The molecular weight excluding hydrogens is 406 g/mol. The lowest BCUT2D eigenvalue weighted by molar-refractivity contribution is 0.0742. The van der Waals surface area contributed by atoms with Gasteiger partial charge in [-0.3, -0.25) is 4.79 Å². The van der Waals surface area contributed by atoms with Crippen LogP contribution in [0, 0.1) is 13.8 Å². The van der Waals surface area contributed by atoms with Crippen LogP contribution in [0.4, 0.5) is 0 Å². The van der Waals surface area contributed by atoms with Crippen LogP contribution in [-0.2, 0) is 10.0 Å². The summed E-state index contributed by atoms with van der Waals surface area (Å²) in [5.74, 6) is -0.241. The maximum absolute atomic E-state index is 13.2. The van der Waals surface area contributed by atoms with Crippen molar-refractivity contribution in [2.24, 2.45) is 0 Å². The predicted molar refractivity (Wildman–Crippen MR) is 117 cm³/mol. The molecule has 0 saturated heterocycles. The van der Waals surface area contributed by atoms with Crippen LogP contribution in [-0.4, -0.2) is 49.7 Å². The normalized spacial score (nSPS) is 13.1. The van der Waals surface area contributed by atoms with Crippen LogP contribution in [0.2, 0.25) is 0 Å². The Morgan fingerprint density at radius 3 is 2.38 bits per heavy atom. The van der Waals surface area contributed by atoms with Crippen molar-refractivity contribution in [3.8, 4) is 0 Å². The Labute approximate surface area is 175 Å². The van der Waals surface area contributed by atoms with Crippen molar-refractivity contribution in [1.82, 2.24) is 14.2 Å². The van der Waals surface area contributed by atoms with Gasteiger partial charge in [-0.1, -0.05) is 12.1 Å². The van der Waals surface area contributed by atoms with Gasteiger partial charge in [0.2, 0.25) is 10.0 Å². The minimum atomic E-state index is -3.65. The molecule has 2 aromatic carbocycles. The number of fused-ring (bicyclic) bond motifs is 1. The number of hydrogen-bond acceptors (Lipinski definition) is 5. The Morgan fingerprint density at radius 1 is 1.10 bits per heavy atom. The van der Waals surface area contributed by atoms with E-state index in [2.05, 4.69) is 4.98 Å². The summed E-state index contributed by atoms with van der Waals surface area (Å²) in [5, 5.41) is 0.840. The molecule has 154 valence electrons. The van der Waals surface area contributed by atoms with Gasteiger partial charge in [-0.15, -0.1) is 11.3 Å². The van der Waals surface area contributed by atoms with Gasteiger partial charge in [0.1, 0.15) is 5.01 Å². The number of carbonyl (C=O) groups excluding carboxylic acids is 1. The number of rotatable bonds is 5. The van der Waals surface area contributed by atoms with Crippen LogP contribution in [0.5, 0.6) is 0 Å². The Balaban J connectivity index is 1.98. The highest BCUT2D eigenvalue weighted by molar-refractivity contribution is 7.89. The van der Waals surface area contributed by atoms with Gasteiger partial charge in [-0.2, -0.15) is 0 Å². The molecule has 0 aliphatic heterocycles. The van der Waals surface area contributed by atoms with Crippen LogP contribution < -0.4 is 0 Å². The fourth-order valence-electron chi connectivity index (χ4n) is 3.03. The topological polar surface area (TPSA) is 70.6 Å². The first-order valence-corrected chi connectivity index (χ1v) is 11.5. The Kier molecular flexibility index (Phi) is 5.80. The molecule has 0 N–H and O–H groups in total. The number of carbonyl (C=O) groups is 1. The summed E-state index contributed by atoms with van der Waals surface area (Å²) in [6.07, 6.45) is 0. The fourth-order valence-corrected chi connectivity index (χ4v) is 5.31. The summed E-state index contributed by atoms with van der Waals surface area (Å²) in [5.41, 5.74) is 2.67. The third kappa shape index (κ3) is 3.92. The summed E-state index contributed by atoms with van der Waals surface area (Å²) in [6.45, 7) is 5.50. The molecule has 0 spiro atoms. The molecule has 1 amide bonds. The van der Waals surface area contributed by atoms with Crippen molar-refractivity contribution in [3.63, 3.8) is 0 Å². The fraction of sp³-hybridized carbons (Fsp3) is 0.333. The first kappa shape index (κ1) is 21.4. The first-order valence-electron chi connectivity index (χ1n) is 9.20. The molecule has 0 fully saturated rings. The first-order chi connectivity index (χ1) is 13.5. The lowest BCUT2D eigenvalue weighted by atomic mass is 10.0. The second-order valence-electron chi connectivity index (χ2n) is 7.32. The molecular formula is C21H25N3O3S2. The largest absolute Gasteiger partial charge is 0.333 e. The zero-order valence-electron chi connectivity index (χ0n) is 17.4. The number of para-hydroxylation sites is 1. The van der Waals surface area contributed by atoms with E-state index in [9.17, 15) is 13.2 Å². The zero-order chi connectivity index (χ0) is 21.5. The number of amides is 1. The van der Waals surface area contributed by atoms with E-state index in [0.29, 0.717) is 11.1 Å². The average Bonchev–Trinajstić information content (AvgIpc) is 3.12. The molecule has 8 heteroatoms. The van der Waals surface area contributed by atoms with Crippen molar-refractivity contribution in [2.45, 2.75) is 31.7 Å². The van der Waals surface area contributed by atoms with E-state index in [1.54, 1.807) is 36.3 Å². The molecule has 3 aromatic rings. The Morgan fingerprint density at radius 2 is 1.76 bits per heavy atom. The van der Waals surface area contributed by atoms with E-state index >= 15 is 0 Å². The van der Waals surface area contributed by atoms with Gasteiger partial charge in [0.05, 0.1) is 21.2 Å². The number of hydrogen-bond donors (Lipinski definition) is 0. The summed E-state index contributed by atoms with van der Waals surface area (Å²) in [6, 6.07) is 10.8. The van der Waals surface area contributed by atoms with Crippen molar-refractivity contribution in [2.75, 3.05) is 21.1 Å². The molecule has 1 unspecified atom stereocenters. The maximum atomic E-state index is 13.2. The molecule has 1 aromatic heterocycles.